The number of aromatic nitrogens is 1. The maximum absolute atomic E-state index is 12.4. The number of carboxylic acids is 1. The summed E-state index contributed by atoms with van der Waals surface area (Å²) < 4.78 is 1.85. The van der Waals surface area contributed by atoms with Gasteiger partial charge in [-0.05, 0) is 52.7 Å². The molecule has 6 heteroatoms. The van der Waals surface area contributed by atoms with E-state index in [1.54, 1.807) is 30.5 Å². The van der Waals surface area contributed by atoms with Gasteiger partial charge in [0.25, 0.3) is 0 Å². The van der Waals surface area contributed by atoms with Gasteiger partial charge in [0, 0.05) is 11.9 Å². The third-order valence-corrected chi connectivity index (χ3v) is 4.79. The molecule has 0 aliphatic rings. The lowest BCUT2D eigenvalue weighted by Crippen LogP contribution is -2.20. The average Bonchev–Trinajstić information content (AvgIpc) is 3.22. The third kappa shape index (κ3) is 4.12. The van der Waals surface area contributed by atoms with Gasteiger partial charge in [0.2, 0.25) is 5.91 Å². The van der Waals surface area contributed by atoms with Gasteiger partial charge in [0.1, 0.15) is 0 Å². The van der Waals surface area contributed by atoms with Crippen LogP contribution in [0.25, 0.3) is 16.5 Å². The Bertz CT molecular complexity index is 1230. The van der Waals surface area contributed by atoms with Crippen molar-refractivity contribution in [1.29, 1.82) is 0 Å². The average molecular weight is 397 g/mol. The van der Waals surface area contributed by atoms with E-state index in [9.17, 15) is 9.59 Å². The molecule has 0 saturated heterocycles. The summed E-state index contributed by atoms with van der Waals surface area (Å²) >= 11 is 0. The van der Waals surface area contributed by atoms with Crippen molar-refractivity contribution < 1.29 is 14.7 Å². The molecule has 0 atom stereocenters. The van der Waals surface area contributed by atoms with Crippen LogP contribution in [0.1, 0.15) is 21.6 Å². The number of carbonyl (C=O) groups excluding carboxylic acids is 1. The van der Waals surface area contributed by atoms with Crippen LogP contribution in [0.3, 0.4) is 0 Å². The molecule has 30 heavy (non-hydrogen) atoms. The van der Waals surface area contributed by atoms with E-state index in [4.69, 9.17) is 5.11 Å². The molecule has 0 saturated carbocycles. The Hall–Kier alpha value is -4.19. The number of carbonyl (C=O) groups is 2. The quantitative estimate of drug-likeness (QED) is 0.381. The molecule has 2 N–H and O–H groups in total. The van der Waals surface area contributed by atoms with Gasteiger partial charge in [-0.3, -0.25) is 4.79 Å². The predicted molar refractivity (Wildman–Crippen MR) is 116 cm³/mol. The van der Waals surface area contributed by atoms with E-state index in [0.29, 0.717) is 0 Å². The highest BCUT2D eigenvalue weighted by atomic mass is 16.4. The minimum atomic E-state index is -0.968. The molecule has 0 fully saturated rings. The van der Waals surface area contributed by atoms with Crippen LogP contribution in [-0.4, -0.2) is 27.8 Å². The number of hydrazone groups is 1. The van der Waals surface area contributed by atoms with E-state index in [2.05, 4.69) is 10.5 Å². The summed E-state index contributed by atoms with van der Waals surface area (Å²) in [5.74, 6) is -1.17. The number of hydrogen-bond donors (Lipinski definition) is 2. The molecule has 1 amide bonds. The molecule has 1 heterocycles. The second-order valence-corrected chi connectivity index (χ2v) is 6.76. The summed E-state index contributed by atoms with van der Waals surface area (Å²) in [4.78, 5) is 23.4. The molecule has 0 unspecified atom stereocenters. The first kappa shape index (κ1) is 19.1. The topological polar surface area (TPSA) is 83.7 Å². The largest absolute Gasteiger partial charge is 0.478 e. The molecule has 0 radical (unpaired) electrons. The first-order valence-corrected chi connectivity index (χ1v) is 9.41. The Kier molecular flexibility index (Phi) is 5.39. The fourth-order valence-corrected chi connectivity index (χ4v) is 3.33. The standard InChI is InChI=1S/C24H19N3O3/c28-23(15-19-7-3-6-17-5-1-2-9-22(17)19)26-25-16-21-8-4-14-27(21)20-12-10-18(11-13-20)24(29)30/h1-14,16H,15H2,(H,26,28)(H,29,30)/b25-16-. The van der Waals surface area contributed by atoms with Crippen LogP contribution in [0, 0.1) is 0 Å². The van der Waals surface area contributed by atoms with Gasteiger partial charge in [-0.1, -0.05) is 42.5 Å². The van der Waals surface area contributed by atoms with Gasteiger partial charge in [-0.15, -0.1) is 0 Å². The van der Waals surface area contributed by atoms with Crippen LogP contribution in [0.15, 0.2) is 90.2 Å². The number of benzene rings is 3. The molecular formula is C24H19N3O3. The Morgan fingerprint density at radius 2 is 1.70 bits per heavy atom. The van der Waals surface area contributed by atoms with E-state index in [1.807, 2.05) is 65.4 Å². The monoisotopic (exact) mass is 397 g/mol. The second kappa shape index (κ2) is 8.45. The van der Waals surface area contributed by atoms with Crippen molar-refractivity contribution in [3.63, 3.8) is 0 Å². The van der Waals surface area contributed by atoms with Crippen LogP contribution in [0.2, 0.25) is 0 Å². The van der Waals surface area contributed by atoms with Crippen LogP contribution in [-0.2, 0) is 11.2 Å². The maximum atomic E-state index is 12.4. The number of amides is 1. The zero-order chi connectivity index (χ0) is 20.9. The van der Waals surface area contributed by atoms with Crippen LogP contribution >= 0.6 is 0 Å². The van der Waals surface area contributed by atoms with Crippen molar-refractivity contribution in [3.8, 4) is 5.69 Å². The maximum Gasteiger partial charge on any atom is 0.335 e. The second-order valence-electron chi connectivity index (χ2n) is 6.76. The van der Waals surface area contributed by atoms with Crippen LogP contribution in [0.5, 0.6) is 0 Å². The molecule has 1 aromatic heterocycles. The summed E-state index contributed by atoms with van der Waals surface area (Å²) in [6.45, 7) is 0. The van der Waals surface area contributed by atoms with Crippen molar-refractivity contribution in [2.24, 2.45) is 5.10 Å². The van der Waals surface area contributed by atoms with Crippen molar-refractivity contribution in [2.45, 2.75) is 6.42 Å². The minimum absolute atomic E-state index is 0.202. The lowest BCUT2D eigenvalue weighted by molar-refractivity contribution is -0.120. The van der Waals surface area contributed by atoms with Crippen LogP contribution in [0.4, 0.5) is 0 Å². The van der Waals surface area contributed by atoms with E-state index >= 15 is 0 Å². The molecule has 6 nitrogen and oxygen atoms in total. The molecule has 0 aliphatic heterocycles. The fraction of sp³-hybridized carbons (Fsp3) is 0.0417. The zero-order valence-corrected chi connectivity index (χ0v) is 16.0. The number of hydrogen-bond acceptors (Lipinski definition) is 3. The summed E-state index contributed by atoms with van der Waals surface area (Å²) in [6.07, 6.45) is 3.64. The smallest absolute Gasteiger partial charge is 0.335 e. The highest BCUT2D eigenvalue weighted by Gasteiger charge is 2.07. The van der Waals surface area contributed by atoms with Gasteiger partial charge >= 0.3 is 5.97 Å². The van der Waals surface area contributed by atoms with E-state index in [0.717, 1.165) is 27.7 Å². The number of rotatable bonds is 6. The van der Waals surface area contributed by atoms with Crippen molar-refractivity contribution >= 4 is 28.9 Å². The Morgan fingerprint density at radius 3 is 2.50 bits per heavy atom. The van der Waals surface area contributed by atoms with E-state index in [-0.39, 0.29) is 17.9 Å². The predicted octanol–water partition coefficient (Wildman–Crippen LogP) is 4.02. The van der Waals surface area contributed by atoms with Crippen LogP contribution < -0.4 is 5.43 Å². The fourth-order valence-electron chi connectivity index (χ4n) is 3.33. The van der Waals surface area contributed by atoms with Crippen molar-refractivity contribution in [2.75, 3.05) is 0 Å². The number of aromatic carboxylic acids is 1. The molecule has 3 aromatic carbocycles. The molecule has 0 spiro atoms. The molecule has 0 aliphatic carbocycles. The first-order valence-electron chi connectivity index (χ1n) is 9.41. The van der Waals surface area contributed by atoms with E-state index in [1.165, 1.54) is 0 Å². The third-order valence-electron chi connectivity index (χ3n) is 4.79. The zero-order valence-electron chi connectivity index (χ0n) is 16.0. The Labute approximate surface area is 173 Å². The normalized spacial score (nSPS) is 11.1. The SMILES string of the molecule is O=C(Cc1cccc2ccccc12)N/N=C\c1cccn1-c1ccc(C(=O)O)cc1. The Morgan fingerprint density at radius 1 is 0.933 bits per heavy atom. The highest BCUT2D eigenvalue weighted by Crippen LogP contribution is 2.19. The Balaban J connectivity index is 1.44. The summed E-state index contributed by atoms with van der Waals surface area (Å²) in [5.41, 5.74) is 5.30. The number of carboxylic acid groups (broad SMARTS) is 1. The lowest BCUT2D eigenvalue weighted by atomic mass is 10.0. The van der Waals surface area contributed by atoms with Crippen molar-refractivity contribution in [3.05, 3.63) is 102 Å². The van der Waals surface area contributed by atoms with Gasteiger partial charge < -0.3 is 9.67 Å². The number of fused-ring (bicyclic) bond motifs is 1. The van der Waals surface area contributed by atoms with Gasteiger partial charge in [0.05, 0.1) is 23.9 Å². The first-order chi connectivity index (χ1) is 14.6. The molecule has 148 valence electrons. The molecule has 4 aromatic rings. The molecule has 4 rings (SSSR count). The van der Waals surface area contributed by atoms with Crippen molar-refractivity contribution in [1.82, 2.24) is 9.99 Å². The minimum Gasteiger partial charge on any atom is -0.478 e. The van der Waals surface area contributed by atoms with Gasteiger partial charge in [-0.2, -0.15) is 5.10 Å². The van der Waals surface area contributed by atoms with E-state index < -0.39 is 5.97 Å². The summed E-state index contributed by atoms with van der Waals surface area (Å²) in [6, 6.07) is 24.1. The molecular weight excluding hydrogens is 378 g/mol. The summed E-state index contributed by atoms with van der Waals surface area (Å²) in [5, 5.41) is 15.3. The lowest BCUT2D eigenvalue weighted by Gasteiger charge is -2.07. The van der Waals surface area contributed by atoms with Gasteiger partial charge in [-0.25, -0.2) is 10.2 Å². The highest BCUT2D eigenvalue weighted by molar-refractivity contribution is 5.91. The number of nitrogens with zero attached hydrogens (tertiary/aromatic N) is 2. The summed E-state index contributed by atoms with van der Waals surface area (Å²) in [7, 11) is 0. The molecule has 0 bridgehead atoms. The number of nitrogens with one attached hydrogen (secondary N) is 1. The van der Waals surface area contributed by atoms with Gasteiger partial charge in [0.15, 0.2) is 0 Å².